The fraction of sp³-hybridized carbons (Fsp3) is 0.263. The van der Waals surface area contributed by atoms with Crippen molar-refractivity contribution in [2.24, 2.45) is 0 Å². The summed E-state index contributed by atoms with van der Waals surface area (Å²) in [5.41, 5.74) is 4.66. The molecule has 0 radical (unpaired) electrons. The molecule has 13 nitrogen and oxygen atoms in total. The number of rotatable bonds is 21. The molecule has 8 rings (SSSR count). The zero-order chi connectivity index (χ0) is 54.9. The lowest BCUT2D eigenvalue weighted by Gasteiger charge is -2.25. The number of nitrogens with one attached hydrogen (secondary N) is 2. The van der Waals surface area contributed by atoms with Gasteiger partial charge in [0.1, 0.15) is 11.6 Å². The molecule has 0 bridgehead atoms. The fourth-order valence-corrected chi connectivity index (χ4v) is 7.69. The van der Waals surface area contributed by atoms with E-state index in [0.717, 1.165) is 25.2 Å². The van der Waals surface area contributed by atoms with E-state index in [1.54, 1.807) is 48.5 Å². The van der Waals surface area contributed by atoms with Crippen molar-refractivity contribution in [2.45, 2.75) is 65.6 Å². The molecule has 77 heavy (non-hydrogen) atoms. The van der Waals surface area contributed by atoms with Gasteiger partial charge < -0.3 is 19.5 Å². The third-order valence-electron chi connectivity index (χ3n) is 11.6. The number of urea groups is 2. The largest absolute Gasteiger partial charge is 0.415 e. The number of halogens is 7. The summed E-state index contributed by atoms with van der Waals surface area (Å²) in [5.74, 6) is -3.34. The van der Waals surface area contributed by atoms with E-state index >= 15 is 4.39 Å². The second kappa shape index (κ2) is 30.6. The highest BCUT2D eigenvalue weighted by Crippen LogP contribution is 2.28. The number of aromatic nitrogens is 4. The molecule has 4 amide bonds. The number of para-hydroxylation sites is 2. The average molecular weight is 1130 g/mol. The Bertz CT molecular complexity index is 3020. The van der Waals surface area contributed by atoms with E-state index in [-0.39, 0.29) is 59.2 Å². The second-order valence-corrected chi connectivity index (χ2v) is 17.8. The summed E-state index contributed by atoms with van der Waals surface area (Å²) in [5, 5.41) is 19.8. The summed E-state index contributed by atoms with van der Waals surface area (Å²) in [6.07, 6.45) is -1.99. The number of carbonyl (C=O) groups is 2. The van der Waals surface area contributed by atoms with E-state index < -0.39 is 36.3 Å². The van der Waals surface area contributed by atoms with Crippen molar-refractivity contribution in [2.75, 3.05) is 41.3 Å². The number of likely N-dealkylation sites (N-methyl/N-ethyl adjacent to an activating group) is 1. The molecule has 0 fully saturated rings. The van der Waals surface area contributed by atoms with Crippen LogP contribution in [0.1, 0.15) is 73.6 Å². The van der Waals surface area contributed by atoms with Crippen LogP contribution in [0, 0.1) is 11.6 Å². The van der Waals surface area contributed by atoms with Gasteiger partial charge in [0.2, 0.25) is 11.8 Å². The summed E-state index contributed by atoms with van der Waals surface area (Å²) in [6.45, 7) is 7.27. The highest BCUT2D eigenvalue weighted by molar-refractivity contribution is 9.09. The molecular weight excluding hydrogens is 1070 g/mol. The molecule has 0 saturated carbocycles. The molecule has 2 heterocycles. The minimum Gasteiger partial charge on any atom is -0.415 e. The molecule has 2 aromatic heterocycles. The zero-order valence-electron chi connectivity index (χ0n) is 42.4. The quantitative estimate of drug-likeness (QED) is 0.0530. The number of anilines is 2. The number of hydrogen-bond acceptors (Lipinski definition) is 9. The van der Waals surface area contributed by atoms with Crippen LogP contribution in [0.3, 0.4) is 0 Å². The number of nitrogens with zero attached hydrogens (tertiary/aromatic N) is 7. The van der Waals surface area contributed by atoms with Crippen molar-refractivity contribution in [3.63, 3.8) is 0 Å². The Balaban J connectivity index is 0.000000216. The van der Waals surface area contributed by atoms with Gasteiger partial charge in [0.15, 0.2) is 0 Å². The predicted octanol–water partition coefficient (Wildman–Crippen LogP) is 14.0. The predicted molar refractivity (Wildman–Crippen MR) is 288 cm³/mol. The number of benzene rings is 6. The van der Waals surface area contributed by atoms with Crippen molar-refractivity contribution in [1.82, 2.24) is 35.9 Å². The molecular formula is C57H58BrF6N9O4. The van der Waals surface area contributed by atoms with Gasteiger partial charge in [0.05, 0.1) is 13.1 Å². The standard InChI is InChI=1S/C28H28F3N5O2.C19H16BrF3N4O2.C10H14/c1-2-35(18-20-9-5-3-6-10-20)16-15-32-28(37)36(23-11-7-4-8-12-23)19-22-14-13-21(17-24(22)29)26-33-34-27(38-26)25(30)31;20-8-9-24-19(28)27(14-4-2-1-3-5-14)11-13-7-6-12(10-15(13)21)17-25-26-18(29-17)16(22)23;1-2-3-7-10-8-5-4-6-9-10/h3-14,17,25H,2,15-16,18-19H2,1H3,(H,32,37);1-7,10,16H,8-9,11H2,(H,24,28);4-6,8-9H,2-3,7H2,1H3. The van der Waals surface area contributed by atoms with Gasteiger partial charge >= 0.3 is 24.9 Å². The Labute approximate surface area is 451 Å². The maximum Gasteiger partial charge on any atom is 0.322 e. The third-order valence-corrected chi connectivity index (χ3v) is 12.0. The van der Waals surface area contributed by atoms with Gasteiger partial charge in [-0.2, -0.15) is 17.6 Å². The lowest BCUT2D eigenvalue weighted by atomic mass is 10.1. The molecule has 0 spiro atoms. The van der Waals surface area contributed by atoms with Gasteiger partial charge in [-0.15, -0.1) is 20.4 Å². The Morgan fingerprint density at radius 3 is 1.38 bits per heavy atom. The molecule has 0 aliphatic rings. The van der Waals surface area contributed by atoms with Gasteiger partial charge in [0, 0.05) is 65.1 Å². The summed E-state index contributed by atoms with van der Waals surface area (Å²) < 4.78 is 90.2. The third kappa shape index (κ3) is 18.2. The van der Waals surface area contributed by atoms with Gasteiger partial charge in [-0.3, -0.25) is 14.7 Å². The topological polar surface area (TPSA) is 146 Å². The molecule has 0 saturated heterocycles. The molecule has 0 unspecified atom stereocenters. The molecule has 0 aliphatic carbocycles. The number of unbranched alkanes of at least 4 members (excludes halogenated alkanes) is 1. The van der Waals surface area contributed by atoms with Crippen LogP contribution in [-0.2, 0) is 26.1 Å². The SMILES string of the molecule is CCCCc1ccccc1.CCN(CCNC(=O)N(Cc1ccc(-c2nnc(C(F)F)o2)cc1F)c1ccccc1)Cc1ccccc1.O=C(NCCBr)N(Cc1ccc(-c2nnc(C(F)F)o2)cc1F)c1ccccc1. The first-order valence-corrected chi connectivity index (χ1v) is 25.9. The van der Waals surface area contributed by atoms with Crippen LogP contribution in [0.2, 0.25) is 0 Å². The number of amides is 4. The molecule has 2 N–H and O–H groups in total. The van der Waals surface area contributed by atoms with Crippen LogP contribution in [0.25, 0.3) is 22.9 Å². The Morgan fingerprint density at radius 2 is 0.987 bits per heavy atom. The summed E-state index contributed by atoms with van der Waals surface area (Å²) in [4.78, 5) is 30.8. The second-order valence-electron chi connectivity index (χ2n) is 17.0. The van der Waals surface area contributed by atoms with E-state index in [1.807, 2.05) is 30.3 Å². The fourth-order valence-electron chi connectivity index (χ4n) is 7.50. The molecule has 20 heteroatoms. The normalized spacial score (nSPS) is 10.9. The van der Waals surface area contributed by atoms with Crippen LogP contribution in [0.5, 0.6) is 0 Å². The lowest BCUT2D eigenvalue weighted by Crippen LogP contribution is -2.43. The number of aryl methyl sites for hydroxylation is 1. The van der Waals surface area contributed by atoms with E-state index in [9.17, 15) is 31.5 Å². The minimum absolute atomic E-state index is 0.0314. The monoisotopic (exact) mass is 1130 g/mol. The zero-order valence-corrected chi connectivity index (χ0v) is 43.9. The summed E-state index contributed by atoms with van der Waals surface area (Å²) in [7, 11) is 0. The highest BCUT2D eigenvalue weighted by Gasteiger charge is 2.23. The van der Waals surface area contributed by atoms with Crippen LogP contribution in [-0.4, -0.2) is 68.9 Å². The first kappa shape index (κ1) is 58.4. The average Bonchev–Trinajstić information content (AvgIpc) is 4.17. The van der Waals surface area contributed by atoms with E-state index in [1.165, 1.54) is 64.5 Å². The molecule has 404 valence electrons. The van der Waals surface area contributed by atoms with E-state index in [4.69, 9.17) is 8.83 Å². The minimum atomic E-state index is -2.92. The van der Waals surface area contributed by atoms with E-state index in [2.05, 4.69) is 108 Å². The van der Waals surface area contributed by atoms with E-state index in [0.29, 0.717) is 36.3 Å². The van der Waals surface area contributed by atoms with Gasteiger partial charge in [-0.1, -0.05) is 145 Å². The maximum atomic E-state index is 15.0. The number of alkyl halides is 5. The molecule has 6 aromatic carbocycles. The van der Waals surface area contributed by atoms with Crippen molar-refractivity contribution in [3.05, 3.63) is 203 Å². The molecule has 0 aliphatic heterocycles. The van der Waals surface area contributed by atoms with Crippen molar-refractivity contribution < 1.29 is 44.8 Å². The van der Waals surface area contributed by atoms with Gasteiger partial charge in [0.25, 0.3) is 11.8 Å². The first-order chi connectivity index (χ1) is 37.4. The maximum absolute atomic E-state index is 15.0. The van der Waals surface area contributed by atoms with Crippen LogP contribution >= 0.6 is 15.9 Å². The lowest BCUT2D eigenvalue weighted by molar-refractivity contribution is 0.115. The van der Waals surface area contributed by atoms with Crippen molar-refractivity contribution in [3.8, 4) is 22.9 Å². The Morgan fingerprint density at radius 1 is 0.558 bits per heavy atom. The van der Waals surface area contributed by atoms with Gasteiger partial charge in [-0.05, 0) is 79.0 Å². The number of hydrogen-bond donors (Lipinski definition) is 2. The molecule has 8 aromatic rings. The van der Waals surface area contributed by atoms with Crippen LogP contribution in [0.4, 0.5) is 47.3 Å². The molecule has 0 atom stereocenters. The van der Waals surface area contributed by atoms with Crippen LogP contribution in [0.15, 0.2) is 167 Å². The first-order valence-electron chi connectivity index (χ1n) is 24.7. The van der Waals surface area contributed by atoms with Crippen LogP contribution < -0.4 is 20.4 Å². The smallest absolute Gasteiger partial charge is 0.322 e. The van der Waals surface area contributed by atoms with Gasteiger partial charge in [-0.25, -0.2) is 18.4 Å². The Hall–Kier alpha value is -7.84. The summed E-state index contributed by atoms with van der Waals surface area (Å²) in [6, 6.07) is 45.9. The van der Waals surface area contributed by atoms with Crippen molar-refractivity contribution >= 4 is 39.4 Å². The van der Waals surface area contributed by atoms with Crippen molar-refractivity contribution in [1.29, 1.82) is 0 Å². The highest BCUT2D eigenvalue weighted by atomic mass is 79.9. The number of carbonyl (C=O) groups excluding carboxylic acids is 2. The Kier molecular flexibility index (Phi) is 23.3. The summed E-state index contributed by atoms with van der Waals surface area (Å²) >= 11 is 3.24.